The lowest BCUT2D eigenvalue weighted by molar-refractivity contribution is 0.864. The van der Waals surface area contributed by atoms with Gasteiger partial charge in [0.2, 0.25) is 0 Å². The zero-order valence-corrected chi connectivity index (χ0v) is 15.7. The summed E-state index contributed by atoms with van der Waals surface area (Å²) in [6.07, 6.45) is 11.6. The summed E-state index contributed by atoms with van der Waals surface area (Å²) < 4.78 is 0. The minimum absolute atomic E-state index is 0.672. The molecule has 5 rings (SSSR count). The van der Waals surface area contributed by atoms with E-state index >= 15 is 0 Å². The molecule has 0 amide bonds. The largest absolute Gasteiger partial charge is 0.396 e. The number of nitrogens with zero attached hydrogens (tertiary/aromatic N) is 2. The smallest absolute Gasteiger partial charge is 0.133 e. The summed E-state index contributed by atoms with van der Waals surface area (Å²) in [6.45, 7) is 0. The van der Waals surface area contributed by atoms with Gasteiger partial charge in [-0.15, -0.1) is 0 Å². The summed E-state index contributed by atoms with van der Waals surface area (Å²) in [5.74, 6) is 0.816. The number of nitrogens with one attached hydrogen (secondary N) is 1. The Morgan fingerprint density at radius 2 is 1.93 bits per heavy atom. The van der Waals surface area contributed by atoms with E-state index in [1.165, 1.54) is 27.6 Å². The van der Waals surface area contributed by atoms with Gasteiger partial charge < -0.3 is 10.7 Å². The van der Waals surface area contributed by atoms with Gasteiger partial charge in [0, 0.05) is 18.1 Å². The molecule has 4 nitrogen and oxygen atoms in total. The molecule has 0 atom stereocenters. The first kappa shape index (κ1) is 16.8. The van der Waals surface area contributed by atoms with Gasteiger partial charge in [-0.25, -0.2) is 9.97 Å². The highest BCUT2D eigenvalue weighted by atomic mass is 14.9. The van der Waals surface area contributed by atoms with E-state index in [0.29, 0.717) is 12.1 Å². The second-order valence-electron chi connectivity index (χ2n) is 7.40. The monoisotopic (exact) mass is 366 g/mol. The first-order valence-corrected chi connectivity index (χ1v) is 9.69. The molecule has 0 unspecified atom stereocenters. The maximum Gasteiger partial charge on any atom is 0.133 e. The number of nitrogen functional groups attached to an aromatic ring is 1. The van der Waals surface area contributed by atoms with Crippen LogP contribution in [0.15, 0.2) is 60.9 Å². The van der Waals surface area contributed by atoms with Crippen molar-refractivity contribution >= 4 is 22.7 Å². The fraction of sp³-hybridized carbons (Fsp3) is 0.167. The molecular weight excluding hydrogens is 344 g/mol. The molecular formula is C24H22N4. The number of nitrogens with two attached hydrogens (primary N) is 1. The summed E-state index contributed by atoms with van der Waals surface area (Å²) in [7, 11) is 0. The van der Waals surface area contributed by atoms with E-state index in [-0.39, 0.29) is 0 Å². The second kappa shape index (κ2) is 6.97. The van der Waals surface area contributed by atoms with Gasteiger partial charge in [0.1, 0.15) is 5.82 Å². The van der Waals surface area contributed by atoms with Crippen LogP contribution in [0.5, 0.6) is 0 Å². The van der Waals surface area contributed by atoms with E-state index in [9.17, 15) is 0 Å². The number of hydrogen-bond acceptors (Lipinski definition) is 3. The van der Waals surface area contributed by atoms with Crippen LogP contribution in [-0.2, 0) is 25.7 Å². The Kier molecular flexibility index (Phi) is 4.17. The average Bonchev–Trinajstić information content (AvgIpc) is 3.36. The molecule has 1 aliphatic rings. The van der Waals surface area contributed by atoms with Crippen LogP contribution in [0.3, 0.4) is 0 Å². The van der Waals surface area contributed by atoms with Crippen molar-refractivity contribution in [3.05, 3.63) is 94.7 Å². The number of fused-ring (bicyclic) bond motifs is 2. The van der Waals surface area contributed by atoms with E-state index in [1.54, 1.807) is 6.20 Å². The van der Waals surface area contributed by atoms with Crippen molar-refractivity contribution < 1.29 is 0 Å². The number of aromatic nitrogens is 3. The van der Waals surface area contributed by atoms with E-state index in [4.69, 9.17) is 10.7 Å². The molecule has 3 N–H and O–H groups in total. The number of benzene rings is 2. The minimum atomic E-state index is 0.672. The van der Waals surface area contributed by atoms with Crippen LogP contribution < -0.4 is 5.73 Å². The maximum atomic E-state index is 6.16. The number of allylic oxidation sites excluding steroid dienone is 1. The van der Waals surface area contributed by atoms with Crippen molar-refractivity contribution in [1.29, 1.82) is 0 Å². The van der Waals surface area contributed by atoms with Crippen molar-refractivity contribution in [3.63, 3.8) is 0 Å². The summed E-state index contributed by atoms with van der Waals surface area (Å²) in [4.78, 5) is 12.4. The normalized spacial score (nSPS) is 12.6. The lowest BCUT2D eigenvalue weighted by atomic mass is 10.0. The van der Waals surface area contributed by atoms with Gasteiger partial charge in [0.05, 0.1) is 17.6 Å². The predicted octanol–water partition coefficient (Wildman–Crippen LogP) is 4.49. The van der Waals surface area contributed by atoms with Gasteiger partial charge in [-0.1, -0.05) is 36.4 Å². The molecule has 0 fully saturated rings. The Labute approximate surface area is 164 Å². The number of rotatable bonds is 5. The van der Waals surface area contributed by atoms with Crippen LogP contribution in [0.25, 0.3) is 17.0 Å². The first-order valence-electron chi connectivity index (χ1n) is 9.69. The Morgan fingerprint density at radius 3 is 2.89 bits per heavy atom. The van der Waals surface area contributed by atoms with Crippen LogP contribution in [0.2, 0.25) is 0 Å². The summed E-state index contributed by atoms with van der Waals surface area (Å²) in [6, 6.07) is 15.2. The third kappa shape index (κ3) is 3.29. The molecule has 2 aromatic heterocycles. The highest BCUT2D eigenvalue weighted by Gasteiger charge is 2.09. The molecule has 0 aliphatic heterocycles. The SMILES string of the molecule is Nc1cnc(Cc2ccc3[nH]ccc3c2)nc1CCc1ccc2c(c1)C=CC2. The van der Waals surface area contributed by atoms with Crippen molar-refractivity contribution in [2.75, 3.05) is 5.73 Å². The fourth-order valence-corrected chi connectivity index (χ4v) is 3.87. The zero-order chi connectivity index (χ0) is 18.9. The minimum Gasteiger partial charge on any atom is -0.396 e. The quantitative estimate of drug-likeness (QED) is 0.547. The molecule has 4 aromatic rings. The van der Waals surface area contributed by atoms with Crippen molar-refractivity contribution in [2.45, 2.75) is 25.7 Å². The predicted molar refractivity (Wildman–Crippen MR) is 114 cm³/mol. The second-order valence-corrected chi connectivity index (χ2v) is 7.40. The molecule has 2 aromatic carbocycles. The lowest BCUT2D eigenvalue weighted by Gasteiger charge is -2.09. The molecule has 4 heteroatoms. The Balaban J connectivity index is 1.33. The maximum absolute atomic E-state index is 6.16. The molecule has 0 spiro atoms. The number of hydrogen-bond donors (Lipinski definition) is 2. The summed E-state index contributed by atoms with van der Waals surface area (Å²) in [5.41, 5.74) is 14.2. The topological polar surface area (TPSA) is 67.6 Å². The molecule has 0 saturated carbocycles. The van der Waals surface area contributed by atoms with Crippen LogP contribution in [0.4, 0.5) is 5.69 Å². The highest BCUT2D eigenvalue weighted by Crippen LogP contribution is 2.22. The van der Waals surface area contributed by atoms with Crippen LogP contribution in [0.1, 0.15) is 33.8 Å². The summed E-state index contributed by atoms with van der Waals surface area (Å²) >= 11 is 0. The lowest BCUT2D eigenvalue weighted by Crippen LogP contribution is -2.06. The van der Waals surface area contributed by atoms with Crippen molar-refractivity contribution in [3.8, 4) is 0 Å². The van der Waals surface area contributed by atoms with Gasteiger partial charge in [-0.2, -0.15) is 0 Å². The van der Waals surface area contributed by atoms with Crippen LogP contribution in [0, 0.1) is 0 Å². The molecule has 138 valence electrons. The van der Waals surface area contributed by atoms with E-state index < -0.39 is 0 Å². The van der Waals surface area contributed by atoms with Gasteiger partial charge in [-0.3, -0.25) is 0 Å². The van der Waals surface area contributed by atoms with Gasteiger partial charge >= 0.3 is 0 Å². The Hall–Kier alpha value is -3.40. The molecule has 0 saturated heterocycles. The number of aromatic amines is 1. The summed E-state index contributed by atoms with van der Waals surface area (Å²) in [5, 5.41) is 1.21. The third-order valence-electron chi connectivity index (χ3n) is 5.43. The molecule has 1 aliphatic carbocycles. The highest BCUT2D eigenvalue weighted by molar-refractivity contribution is 5.80. The Morgan fingerprint density at radius 1 is 1.00 bits per heavy atom. The first-order chi connectivity index (χ1) is 13.7. The van der Waals surface area contributed by atoms with E-state index in [2.05, 4.69) is 64.6 Å². The standard InChI is InChI=1S/C24H22N4/c25-21-15-27-24(14-17-6-8-22-20(13-17)10-11-26-22)28-23(21)9-5-16-4-7-18-2-1-3-19(18)12-16/h1,3-4,6-8,10-13,15,26H,2,5,9,14,25H2. The zero-order valence-electron chi connectivity index (χ0n) is 15.7. The van der Waals surface area contributed by atoms with Gasteiger partial charge in [0.15, 0.2) is 0 Å². The van der Waals surface area contributed by atoms with E-state index in [1.807, 2.05) is 6.20 Å². The van der Waals surface area contributed by atoms with Crippen LogP contribution in [-0.4, -0.2) is 15.0 Å². The van der Waals surface area contributed by atoms with Crippen LogP contribution >= 0.6 is 0 Å². The molecule has 0 bridgehead atoms. The van der Waals surface area contributed by atoms with Crippen molar-refractivity contribution in [2.24, 2.45) is 0 Å². The van der Waals surface area contributed by atoms with Gasteiger partial charge in [0.25, 0.3) is 0 Å². The van der Waals surface area contributed by atoms with Crippen molar-refractivity contribution in [1.82, 2.24) is 15.0 Å². The number of H-pyrrole nitrogens is 1. The average molecular weight is 366 g/mol. The fourth-order valence-electron chi connectivity index (χ4n) is 3.87. The Bertz CT molecular complexity index is 1190. The molecule has 28 heavy (non-hydrogen) atoms. The number of anilines is 1. The molecule has 0 radical (unpaired) electrons. The third-order valence-corrected chi connectivity index (χ3v) is 5.43. The molecule has 2 heterocycles. The van der Waals surface area contributed by atoms with E-state index in [0.717, 1.165) is 36.3 Å². The number of aryl methyl sites for hydroxylation is 2. The van der Waals surface area contributed by atoms with Gasteiger partial charge in [-0.05, 0) is 65.1 Å².